The van der Waals surface area contributed by atoms with Crippen molar-refractivity contribution in [3.05, 3.63) is 23.3 Å². The minimum absolute atomic E-state index is 0.315. The van der Waals surface area contributed by atoms with Crippen molar-refractivity contribution in [2.75, 3.05) is 6.54 Å². The number of halogens is 3. The molecular weight excluding hydrogens is 207 g/mol. The third-order valence-corrected chi connectivity index (χ3v) is 2.34. The van der Waals surface area contributed by atoms with Gasteiger partial charge in [0.15, 0.2) is 0 Å². The van der Waals surface area contributed by atoms with E-state index in [0.717, 1.165) is 11.6 Å². The number of alkyl halides is 3. The first-order chi connectivity index (χ1) is 6.95. The van der Waals surface area contributed by atoms with Gasteiger partial charge >= 0.3 is 6.18 Å². The Morgan fingerprint density at radius 3 is 2.67 bits per heavy atom. The normalized spacial score (nSPS) is 21.7. The van der Waals surface area contributed by atoms with Crippen LogP contribution in [0.2, 0.25) is 0 Å². The van der Waals surface area contributed by atoms with Crippen LogP contribution in [-0.2, 0) is 4.79 Å². The summed E-state index contributed by atoms with van der Waals surface area (Å²) in [7, 11) is 0. The van der Waals surface area contributed by atoms with Gasteiger partial charge in [0.1, 0.15) is 0 Å². The lowest BCUT2D eigenvalue weighted by Gasteiger charge is -2.23. The van der Waals surface area contributed by atoms with Gasteiger partial charge in [0, 0.05) is 12.1 Å². The highest BCUT2D eigenvalue weighted by molar-refractivity contribution is 5.47. The fourth-order valence-corrected chi connectivity index (χ4v) is 1.62. The smallest absolute Gasteiger partial charge is 0.355 e. The molecule has 0 fully saturated rings. The predicted octanol–water partition coefficient (Wildman–Crippen LogP) is 2.19. The summed E-state index contributed by atoms with van der Waals surface area (Å²) in [4.78, 5) is 10.0. The van der Waals surface area contributed by atoms with Gasteiger partial charge in [-0.25, -0.2) is 0 Å². The molecule has 0 aromatic carbocycles. The molecule has 84 valence electrons. The largest absolute Gasteiger partial charge is 0.412 e. The van der Waals surface area contributed by atoms with E-state index in [2.05, 4.69) is 5.32 Å². The van der Waals surface area contributed by atoms with Gasteiger partial charge in [-0.2, -0.15) is 13.2 Å². The number of carbonyl (C=O) groups excluding carboxylic acids is 1. The van der Waals surface area contributed by atoms with Crippen molar-refractivity contribution in [2.24, 2.45) is 5.92 Å². The van der Waals surface area contributed by atoms with Gasteiger partial charge in [0.2, 0.25) is 6.41 Å². The Morgan fingerprint density at radius 1 is 1.53 bits per heavy atom. The van der Waals surface area contributed by atoms with Crippen molar-refractivity contribution in [3.8, 4) is 0 Å². The predicted molar refractivity (Wildman–Crippen MR) is 50.1 cm³/mol. The van der Waals surface area contributed by atoms with Crippen LogP contribution in [0, 0.1) is 5.92 Å². The zero-order valence-corrected chi connectivity index (χ0v) is 8.27. The molecule has 2 nitrogen and oxygen atoms in total. The van der Waals surface area contributed by atoms with E-state index in [0.29, 0.717) is 19.4 Å². The second kappa shape index (κ2) is 4.51. The van der Waals surface area contributed by atoms with E-state index in [-0.39, 0.29) is 0 Å². The molecule has 0 saturated heterocycles. The second-order valence-electron chi connectivity index (χ2n) is 3.55. The van der Waals surface area contributed by atoms with Gasteiger partial charge in [-0.15, -0.1) is 0 Å². The number of nitrogens with one attached hydrogen (secondary N) is 1. The van der Waals surface area contributed by atoms with Crippen LogP contribution in [-0.4, -0.2) is 19.1 Å². The average Bonchev–Trinajstić information content (AvgIpc) is 2.12. The maximum absolute atomic E-state index is 12.4. The molecule has 1 amide bonds. The van der Waals surface area contributed by atoms with E-state index < -0.39 is 17.7 Å². The summed E-state index contributed by atoms with van der Waals surface area (Å²) in [6.07, 6.45) is -0.852. The quantitative estimate of drug-likeness (QED) is 0.724. The minimum atomic E-state index is -4.25. The fraction of sp³-hybridized carbons (Fsp3) is 0.500. The Bertz CT molecular complexity index is 304. The molecule has 0 aromatic heterocycles. The third kappa shape index (κ3) is 3.11. The van der Waals surface area contributed by atoms with Gasteiger partial charge in [-0.05, 0) is 12.3 Å². The Morgan fingerprint density at radius 2 is 2.20 bits per heavy atom. The first kappa shape index (κ1) is 11.8. The van der Waals surface area contributed by atoms with Crippen molar-refractivity contribution in [2.45, 2.75) is 19.5 Å². The highest BCUT2D eigenvalue weighted by atomic mass is 19.4. The molecule has 15 heavy (non-hydrogen) atoms. The number of allylic oxidation sites excluding steroid dienone is 3. The van der Waals surface area contributed by atoms with Gasteiger partial charge < -0.3 is 5.32 Å². The van der Waals surface area contributed by atoms with Crippen molar-refractivity contribution < 1.29 is 18.0 Å². The topological polar surface area (TPSA) is 29.1 Å². The van der Waals surface area contributed by atoms with Gasteiger partial charge in [-0.3, -0.25) is 4.79 Å². The maximum Gasteiger partial charge on any atom is 0.412 e. The first-order valence-corrected chi connectivity index (χ1v) is 4.59. The molecule has 1 aliphatic rings. The second-order valence-corrected chi connectivity index (χ2v) is 3.55. The zero-order valence-electron chi connectivity index (χ0n) is 8.27. The number of hydrogen-bond donors (Lipinski definition) is 1. The molecule has 0 bridgehead atoms. The molecule has 1 aliphatic carbocycles. The van der Waals surface area contributed by atoms with E-state index in [9.17, 15) is 18.0 Å². The van der Waals surface area contributed by atoms with Gasteiger partial charge in [0.05, 0.1) is 0 Å². The van der Waals surface area contributed by atoms with Crippen molar-refractivity contribution in [1.29, 1.82) is 0 Å². The number of hydrogen-bond acceptors (Lipinski definition) is 1. The first-order valence-electron chi connectivity index (χ1n) is 4.59. The molecule has 0 saturated carbocycles. The monoisotopic (exact) mass is 219 g/mol. The van der Waals surface area contributed by atoms with Crippen molar-refractivity contribution >= 4 is 6.41 Å². The van der Waals surface area contributed by atoms with E-state index >= 15 is 0 Å². The highest BCUT2D eigenvalue weighted by Gasteiger charge is 2.37. The summed E-state index contributed by atoms with van der Waals surface area (Å²) in [5.41, 5.74) is 0.306. The molecule has 1 rings (SSSR count). The van der Waals surface area contributed by atoms with Crippen LogP contribution >= 0.6 is 0 Å². The summed E-state index contributed by atoms with van der Waals surface area (Å²) in [6, 6.07) is 0. The minimum Gasteiger partial charge on any atom is -0.355 e. The summed E-state index contributed by atoms with van der Waals surface area (Å²) >= 11 is 0. The van der Waals surface area contributed by atoms with Crippen LogP contribution in [0.5, 0.6) is 0 Å². The lowest BCUT2D eigenvalue weighted by molar-refractivity contribution is -0.109. The third-order valence-electron chi connectivity index (χ3n) is 2.34. The lowest BCUT2D eigenvalue weighted by Crippen LogP contribution is -2.23. The van der Waals surface area contributed by atoms with Crippen molar-refractivity contribution in [1.82, 2.24) is 5.32 Å². The molecule has 0 radical (unpaired) electrons. The SMILES string of the molecule is CC1CC(CNC=O)=CC=C1C(F)(F)F. The summed E-state index contributed by atoms with van der Waals surface area (Å²) in [5.74, 6) is -0.543. The van der Waals surface area contributed by atoms with Crippen LogP contribution in [0.3, 0.4) is 0 Å². The van der Waals surface area contributed by atoms with Crippen LogP contribution in [0.25, 0.3) is 0 Å². The van der Waals surface area contributed by atoms with E-state index in [1.807, 2.05) is 0 Å². The summed E-state index contributed by atoms with van der Waals surface area (Å²) in [6.45, 7) is 1.85. The molecule has 1 unspecified atom stereocenters. The average molecular weight is 219 g/mol. The lowest BCUT2D eigenvalue weighted by atomic mass is 9.88. The van der Waals surface area contributed by atoms with E-state index in [4.69, 9.17) is 0 Å². The standard InChI is InChI=1S/C10H12F3NO/c1-7-4-8(5-14-6-15)2-3-9(7)10(11,12)13/h2-3,6-7H,4-5H2,1H3,(H,14,15). The van der Waals surface area contributed by atoms with Crippen LogP contribution < -0.4 is 5.32 Å². The van der Waals surface area contributed by atoms with Crippen molar-refractivity contribution in [3.63, 3.8) is 0 Å². The molecule has 0 aliphatic heterocycles. The van der Waals surface area contributed by atoms with Gasteiger partial charge in [-0.1, -0.05) is 24.6 Å². The molecule has 0 heterocycles. The van der Waals surface area contributed by atoms with Crippen LogP contribution in [0.4, 0.5) is 13.2 Å². The Labute approximate surface area is 85.8 Å². The number of carbonyl (C=O) groups is 1. The molecule has 1 N–H and O–H groups in total. The fourth-order valence-electron chi connectivity index (χ4n) is 1.62. The number of rotatable bonds is 3. The zero-order chi connectivity index (χ0) is 11.5. The molecule has 0 aromatic rings. The van der Waals surface area contributed by atoms with Crippen LogP contribution in [0.1, 0.15) is 13.3 Å². The molecule has 0 spiro atoms. The van der Waals surface area contributed by atoms with Crippen LogP contribution in [0.15, 0.2) is 23.3 Å². The number of amides is 1. The Hall–Kier alpha value is -1.26. The van der Waals surface area contributed by atoms with Gasteiger partial charge in [0.25, 0.3) is 0 Å². The molecule has 5 heteroatoms. The Kier molecular flexibility index (Phi) is 3.55. The summed E-state index contributed by atoms with van der Waals surface area (Å²) < 4.78 is 37.2. The highest BCUT2D eigenvalue weighted by Crippen LogP contribution is 2.36. The van der Waals surface area contributed by atoms with E-state index in [1.165, 1.54) is 13.0 Å². The maximum atomic E-state index is 12.4. The summed E-state index contributed by atoms with van der Waals surface area (Å²) in [5, 5.41) is 2.43. The molecule has 1 atom stereocenters. The van der Waals surface area contributed by atoms with E-state index in [1.54, 1.807) is 0 Å². The molecular formula is C10H12F3NO. The Balaban J connectivity index is 2.74.